The quantitative estimate of drug-likeness (QED) is 0.560. The molecule has 0 bridgehead atoms. The first-order valence-electron chi connectivity index (χ1n) is 12.5. The Morgan fingerprint density at radius 1 is 1.08 bits per heavy atom. The van der Waals surface area contributed by atoms with Gasteiger partial charge in [-0.3, -0.25) is 14.6 Å². The molecule has 1 unspecified atom stereocenters. The fourth-order valence-corrected chi connectivity index (χ4v) is 5.00. The normalized spacial score (nSPS) is 16.9. The molecule has 1 fully saturated rings. The number of carbonyl (C=O) groups excluding carboxylic acids is 2. The number of pyridine rings is 2. The number of fused-ring (bicyclic) bond motifs is 1. The van der Waals surface area contributed by atoms with Gasteiger partial charge in [0.25, 0.3) is 5.91 Å². The number of amides is 2. The van der Waals surface area contributed by atoms with Crippen molar-refractivity contribution in [1.29, 1.82) is 0 Å². The summed E-state index contributed by atoms with van der Waals surface area (Å²) < 4.78 is 0. The molecule has 0 spiro atoms. The summed E-state index contributed by atoms with van der Waals surface area (Å²) in [7, 11) is 5.33. The van der Waals surface area contributed by atoms with Crippen LogP contribution >= 0.6 is 0 Å². The van der Waals surface area contributed by atoms with Crippen LogP contribution in [0.4, 0.5) is 11.5 Å². The topological polar surface area (TPSA) is 81.7 Å². The highest BCUT2D eigenvalue weighted by molar-refractivity contribution is 5.94. The van der Waals surface area contributed by atoms with E-state index in [1.165, 1.54) is 5.57 Å². The Kier molecular flexibility index (Phi) is 6.65. The second-order valence-electron chi connectivity index (χ2n) is 9.76. The van der Waals surface area contributed by atoms with Crippen molar-refractivity contribution < 1.29 is 9.59 Å². The van der Waals surface area contributed by atoms with Crippen LogP contribution in [-0.4, -0.2) is 78.9 Å². The Balaban J connectivity index is 1.28. The van der Waals surface area contributed by atoms with Crippen molar-refractivity contribution in [2.45, 2.75) is 12.8 Å². The number of hydrogen-bond acceptors (Lipinski definition) is 6. The third-order valence-electron chi connectivity index (χ3n) is 7.23. The van der Waals surface area contributed by atoms with Crippen molar-refractivity contribution in [3.8, 4) is 11.1 Å². The van der Waals surface area contributed by atoms with Crippen LogP contribution in [0.5, 0.6) is 0 Å². The Hall–Kier alpha value is -4.20. The lowest BCUT2D eigenvalue weighted by Gasteiger charge is -2.36. The summed E-state index contributed by atoms with van der Waals surface area (Å²) >= 11 is 0. The predicted octanol–water partition coefficient (Wildman–Crippen LogP) is 3.74. The number of hydrogen-bond donors (Lipinski definition) is 1. The van der Waals surface area contributed by atoms with E-state index in [0.717, 1.165) is 40.4 Å². The second kappa shape index (κ2) is 10.0. The maximum absolute atomic E-state index is 13.1. The van der Waals surface area contributed by atoms with E-state index in [0.29, 0.717) is 25.2 Å². The molecule has 1 atom stereocenters. The first-order chi connectivity index (χ1) is 17.9. The van der Waals surface area contributed by atoms with E-state index >= 15 is 0 Å². The summed E-state index contributed by atoms with van der Waals surface area (Å²) in [4.78, 5) is 40.0. The Morgan fingerprint density at radius 2 is 1.86 bits per heavy atom. The third-order valence-corrected chi connectivity index (χ3v) is 7.23. The van der Waals surface area contributed by atoms with Gasteiger partial charge < -0.3 is 20.0 Å². The average molecular weight is 497 g/mol. The fourth-order valence-electron chi connectivity index (χ4n) is 5.00. The van der Waals surface area contributed by atoms with Crippen LogP contribution in [0, 0.1) is 0 Å². The molecular formula is C29H32N6O2. The van der Waals surface area contributed by atoms with Crippen LogP contribution in [0.3, 0.4) is 0 Å². The van der Waals surface area contributed by atoms with E-state index < -0.39 is 0 Å². The van der Waals surface area contributed by atoms with Gasteiger partial charge in [0.15, 0.2) is 0 Å². The molecule has 8 nitrogen and oxygen atoms in total. The Labute approximate surface area is 217 Å². The lowest BCUT2D eigenvalue weighted by Crippen LogP contribution is -2.51. The SMILES string of the molecule is CNc1ccc(-c2ccnc3c2C=C(CN2CCN(c4ccc(C(=O)N(C)C)cc4)CC2=O)C3C)cn1. The molecule has 5 rings (SSSR count). The Morgan fingerprint density at radius 3 is 2.51 bits per heavy atom. The zero-order chi connectivity index (χ0) is 26.1. The average Bonchev–Trinajstić information content (AvgIpc) is 3.24. The van der Waals surface area contributed by atoms with Crippen molar-refractivity contribution in [2.75, 3.05) is 57.5 Å². The third kappa shape index (κ3) is 4.79. The van der Waals surface area contributed by atoms with Crippen molar-refractivity contribution in [1.82, 2.24) is 19.8 Å². The molecule has 2 aromatic heterocycles. The number of nitrogens with one attached hydrogen (secondary N) is 1. The first kappa shape index (κ1) is 24.5. The molecule has 2 amide bonds. The maximum atomic E-state index is 13.1. The molecule has 0 saturated carbocycles. The van der Waals surface area contributed by atoms with E-state index in [-0.39, 0.29) is 17.7 Å². The summed E-state index contributed by atoms with van der Waals surface area (Å²) in [5.41, 5.74) is 7.10. The molecule has 3 aromatic rings. The minimum absolute atomic E-state index is 0.0312. The fraction of sp³-hybridized carbons (Fsp3) is 0.310. The van der Waals surface area contributed by atoms with Gasteiger partial charge in [-0.15, -0.1) is 0 Å². The maximum Gasteiger partial charge on any atom is 0.253 e. The van der Waals surface area contributed by atoms with Gasteiger partial charge in [-0.2, -0.15) is 0 Å². The van der Waals surface area contributed by atoms with E-state index in [1.54, 1.807) is 19.0 Å². The number of rotatable bonds is 6. The van der Waals surface area contributed by atoms with E-state index in [4.69, 9.17) is 0 Å². The highest BCUT2D eigenvalue weighted by Crippen LogP contribution is 2.40. The monoisotopic (exact) mass is 496 g/mol. The van der Waals surface area contributed by atoms with Gasteiger partial charge in [-0.05, 0) is 53.6 Å². The van der Waals surface area contributed by atoms with Gasteiger partial charge in [0, 0.05) is 81.5 Å². The van der Waals surface area contributed by atoms with Gasteiger partial charge >= 0.3 is 0 Å². The van der Waals surface area contributed by atoms with E-state index in [1.807, 2.05) is 60.7 Å². The molecule has 37 heavy (non-hydrogen) atoms. The van der Waals surface area contributed by atoms with Crippen molar-refractivity contribution >= 4 is 29.4 Å². The van der Waals surface area contributed by atoms with Crippen LogP contribution < -0.4 is 10.2 Å². The molecule has 1 aromatic carbocycles. The van der Waals surface area contributed by atoms with Crippen LogP contribution in [0.25, 0.3) is 17.2 Å². The lowest BCUT2D eigenvalue weighted by atomic mass is 9.99. The van der Waals surface area contributed by atoms with Crippen LogP contribution in [0.1, 0.15) is 34.5 Å². The lowest BCUT2D eigenvalue weighted by molar-refractivity contribution is -0.130. The second-order valence-corrected chi connectivity index (χ2v) is 9.76. The molecule has 190 valence electrons. The van der Waals surface area contributed by atoms with Crippen molar-refractivity contribution in [3.63, 3.8) is 0 Å². The highest BCUT2D eigenvalue weighted by atomic mass is 16.2. The molecule has 3 heterocycles. The van der Waals surface area contributed by atoms with E-state index in [9.17, 15) is 9.59 Å². The summed E-state index contributed by atoms with van der Waals surface area (Å²) in [5, 5.41) is 3.05. The van der Waals surface area contributed by atoms with Crippen molar-refractivity contribution in [3.05, 3.63) is 77.3 Å². The molecular weight excluding hydrogens is 464 g/mol. The number of nitrogens with zero attached hydrogens (tertiary/aromatic N) is 5. The number of carbonyl (C=O) groups is 2. The standard InChI is InChI=1S/C29H32N6O2/c1-19-22(15-25-24(11-12-31-28(19)25)21-7-10-26(30-2)32-16-21)17-35-14-13-34(18-27(35)36)23-8-5-20(6-9-23)29(37)33(3)4/h5-12,15-16,19H,13-14,17-18H2,1-4H3,(H,30,32). The largest absolute Gasteiger partial charge is 0.373 e. The predicted molar refractivity (Wildman–Crippen MR) is 147 cm³/mol. The first-order valence-corrected chi connectivity index (χ1v) is 12.5. The van der Waals surface area contributed by atoms with Gasteiger partial charge in [0.1, 0.15) is 5.82 Å². The minimum Gasteiger partial charge on any atom is -0.373 e. The van der Waals surface area contributed by atoms with Gasteiger partial charge in [-0.25, -0.2) is 4.98 Å². The van der Waals surface area contributed by atoms with Crippen LogP contribution in [-0.2, 0) is 4.79 Å². The number of aromatic nitrogens is 2. The van der Waals surface area contributed by atoms with Crippen LogP contribution in [0.2, 0.25) is 0 Å². The zero-order valence-electron chi connectivity index (χ0n) is 21.7. The summed E-state index contributed by atoms with van der Waals surface area (Å²) in [6.07, 6.45) is 5.94. The van der Waals surface area contributed by atoms with Crippen LogP contribution in [0.15, 0.2) is 60.4 Å². The molecule has 1 aliphatic carbocycles. The van der Waals surface area contributed by atoms with Gasteiger partial charge in [-0.1, -0.05) is 13.0 Å². The smallest absolute Gasteiger partial charge is 0.253 e. The van der Waals surface area contributed by atoms with Crippen molar-refractivity contribution in [2.24, 2.45) is 0 Å². The molecule has 0 radical (unpaired) electrons. The van der Waals surface area contributed by atoms with E-state index in [2.05, 4.69) is 39.3 Å². The minimum atomic E-state index is -0.0312. The van der Waals surface area contributed by atoms with Gasteiger partial charge in [0.05, 0.1) is 12.2 Å². The summed E-state index contributed by atoms with van der Waals surface area (Å²) in [6, 6.07) is 13.6. The zero-order valence-corrected chi connectivity index (χ0v) is 21.7. The van der Waals surface area contributed by atoms with Gasteiger partial charge in [0.2, 0.25) is 5.91 Å². The Bertz CT molecular complexity index is 1350. The number of anilines is 2. The molecule has 2 aliphatic rings. The molecule has 1 aliphatic heterocycles. The molecule has 1 N–H and O–H groups in total. The number of piperazine rings is 1. The number of benzene rings is 1. The highest BCUT2D eigenvalue weighted by Gasteiger charge is 2.30. The summed E-state index contributed by atoms with van der Waals surface area (Å²) in [6.45, 7) is 4.47. The summed E-state index contributed by atoms with van der Waals surface area (Å²) in [5.74, 6) is 1.04. The molecule has 8 heteroatoms. The molecule has 1 saturated heterocycles.